The number of esters is 1. The molecule has 0 atom stereocenters. The van der Waals surface area contributed by atoms with Crippen molar-refractivity contribution in [3.8, 4) is 0 Å². The van der Waals surface area contributed by atoms with E-state index in [1.54, 1.807) is 4.68 Å². The number of rotatable bonds is 2. The van der Waals surface area contributed by atoms with Gasteiger partial charge in [-0.3, -0.25) is 4.68 Å². The molecule has 76 valence electrons. The average molecular weight is 259 g/mol. The van der Waals surface area contributed by atoms with Gasteiger partial charge in [-0.15, -0.1) is 0 Å². The fraction of sp³-hybridized carbons (Fsp3) is 0.556. The molecule has 0 unspecified atom stereocenters. The summed E-state index contributed by atoms with van der Waals surface area (Å²) in [6, 6.07) is 0. The summed E-state index contributed by atoms with van der Waals surface area (Å²) in [7, 11) is 3.20. The van der Waals surface area contributed by atoms with E-state index in [1.165, 1.54) is 7.11 Å². The first-order valence-corrected chi connectivity index (χ1v) is 5.25. The molecule has 0 N–H and O–H groups in total. The SMILES string of the molecule is COC(=O)c1c(C2CC2)nn(C)c1Br. The van der Waals surface area contributed by atoms with Crippen LogP contribution in [0.15, 0.2) is 4.60 Å². The van der Waals surface area contributed by atoms with Crippen LogP contribution in [0.3, 0.4) is 0 Å². The van der Waals surface area contributed by atoms with Crippen LogP contribution in [0.2, 0.25) is 0 Å². The molecule has 1 aromatic rings. The average Bonchev–Trinajstić information content (AvgIpc) is 2.95. The lowest BCUT2D eigenvalue weighted by Gasteiger charge is -1.98. The number of carbonyl (C=O) groups is 1. The molecular formula is C9H11BrN2O2. The van der Waals surface area contributed by atoms with E-state index in [-0.39, 0.29) is 5.97 Å². The van der Waals surface area contributed by atoms with Gasteiger partial charge in [0.15, 0.2) is 0 Å². The zero-order valence-electron chi connectivity index (χ0n) is 8.08. The van der Waals surface area contributed by atoms with Gasteiger partial charge in [0.05, 0.1) is 12.8 Å². The lowest BCUT2D eigenvalue weighted by molar-refractivity contribution is 0.0598. The summed E-state index contributed by atoms with van der Waals surface area (Å²) >= 11 is 3.34. The number of aryl methyl sites for hydroxylation is 1. The number of nitrogens with zero attached hydrogens (tertiary/aromatic N) is 2. The minimum Gasteiger partial charge on any atom is -0.465 e. The van der Waals surface area contributed by atoms with Gasteiger partial charge >= 0.3 is 5.97 Å². The summed E-state index contributed by atoms with van der Waals surface area (Å²) in [5.74, 6) is 0.133. The van der Waals surface area contributed by atoms with Crippen LogP contribution in [-0.4, -0.2) is 22.9 Å². The van der Waals surface area contributed by atoms with Crippen molar-refractivity contribution in [2.24, 2.45) is 7.05 Å². The van der Waals surface area contributed by atoms with E-state index in [4.69, 9.17) is 4.74 Å². The lowest BCUT2D eigenvalue weighted by Crippen LogP contribution is -2.04. The minimum atomic E-state index is -0.313. The van der Waals surface area contributed by atoms with Crippen LogP contribution in [0.25, 0.3) is 0 Å². The van der Waals surface area contributed by atoms with Crippen LogP contribution in [0, 0.1) is 0 Å². The Bertz CT molecular complexity index is 382. The van der Waals surface area contributed by atoms with Crippen LogP contribution < -0.4 is 0 Å². The Kier molecular flexibility index (Phi) is 2.34. The molecule has 0 spiro atoms. The molecule has 0 aliphatic heterocycles. The van der Waals surface area contributed by atoms with E-state index in [0.717, 1.165) is 18.5 Å². The van der Waals surface area contributed by atoms with E-state index in [2.05, 4.69) is 21.0 Å². The maximum atomic E-state index is 11.5. The molecule has 0 amide bonds. The summed E-state index contributed by atoms with van der Waals surface area (Å²) in [5.41, 5.74) is 1.45. The van der Waals surface area contributed by atoms with Crippen LogP contribution in [0.4, 0.5) is 0 Å². The zero-order chi connectivity index (χ0) is 10.3. The van der Waals surface area contributed by atoms with Crippen molar-refractivity contribution >= 4 is 21.9 Å². The normalized spacial score (nSPS) is 15.6. The summed E-state index contributed by atoms with van der Waals surface area (Å²) in [6.07, 6.45) is 2.24. The van der Waals surface area contributed by atoms with Crippen molar-refractivity contribution in [2.45, 2.75) is 18.8 Å². The van der Waals surface area contributed by atoms with E-state index in [1.807, 2.05) is 7.05 Å². The van der Waals surface area contributed by atoms with Gasteiger partial charge in [-0.05, 0) is 28.8 Å². The number of carbonyl (C=O) groups excluding carboxylic acids is 1. The molecule has 1 heterocycles. The molecule has 4 nitrogen and oxygen atoms in total. The quantitative estimate of drug-likeness (QED) is 0.761. The van der Waals surface area contributed by atoms with Crippen LogP contribution in [-0.2, 0) is 11.8 Å². The summed E-state index contributed by atoms with van der Waals surface area (Å²) < 4.78 is 7.09. The molecular weight excluding hydrogens is 248 g/mol. The molecule has 0 bridgehead atoms. The highest BCUT2D eigenvalue weighted by molar-refractivity contribution is 9.10. The Hall–Kier alpha value is -0.840. The highest BCUT2D eigenvalue weighted by Gasteiger charge is 2.33. The molecule has 0 saturated heterocycles. The van der Waals surface area contributed by atoms with Crippen molar-refractivity contribution in [1.82, 2.24) is 9.78 Å². The summed E-state index contributed by atoms with van der Waals surface area (Å²) in [5, 5.41) is 4.31. The van der Waals surface area contributed by atoms with Gasteiger partial charge in [-0.2, -0.15) is 5.10 Å². The van der Waals surface area contributed by atoms with Crippen LogP contribution in [0.1, 0.15) is 34.8 Å². The molecule has 14 heavy (non-hydrogen) atoms. The molecule has 1 aromatic heterocycles. The Morgan fingerprint density at radius 3 is 2.79 bits per heavy atom. The second-order valence-electron chi connectivity index (χ2n) is 3.44. The van der Waals surface area contributed by atoms with E-state index >= 15 is 0 Å². The molecule has 5 heteroatoms. The minimum absolute atomic E-state index is 0.313. The number of hydrogen-bond acceptors (Lipinski definition) is 3. The van der Waals surface area contributed by atoms with Crippen molar-refractivity contribution < 1.29 is 9.53 Å². The Balaban J connectivity index is 2.48. The predicted molar refractivity (Wildman–Crippen MR) is 54.2 cm³/mol. The maximum absolute atomic E-state index is 11.5. The Labute approximate surface area is 90.4 Å². The van der Waals surface area contributed by atoms with Crippen molar-refractivity contribution in [1.29, 1.82) is 0 Å². The third kappa shape index (κ3) is 1.45. The number of hydrogen-bond donors (Lipinski definition) is 0. The maximum Gasteiger partial charge on any atom is 0.342 e. The Morgan fingerprint density at radius 2 is 2.29 bits per heavy atom. The fourth-order valence-electron chi connectivity index (χ4n) is 1.46. The van der Waals surface area contributed by atoms with Crippen molar-refractivity contribution in [3.63, 3.8) is 0 Å². The molecule has 0 aromatic carbocycles. The zero-order valence-corrected chi connectivity index (χ0v) is 9.67. The van der Waals surface area contributed by atoms with Crippen molar-refractivity contribution in [3.05, 3.63) is 15.9 Å². The van der Waals surface area contributed by atoms with Gasteiger partial charge in [0.2, 0.25) is 0 Å². The highest BCUT2D eigenvalue weighted by Crippen LogP contribution is 2.42. The van der Waals surface area contributed by atoms with E-state index < -0.39 is 0 Å². The molecule has 2 rings (SSSR count). The number of halogens is 1. The largest absolute Gasteiger partial charge is 0.465 e. The summed E-state index contributed by atoms with van der Waals surface area (Å²) in [6.45, 7) is 0. The third-order valence-corrected chi connectivity index (χ3v) is 3.27. The van der Waals surface area contributed by atoms with Gasteiger partial charge in [0.25, 0.3) is 0 Å². The molecule has 1 fully saturated rings. The molecule has 1 aliphatic rings. The third-order valence-electron chi connectivity index (χ3n) is 2.36. The van der Waals surface area contributed by atoms with Gasteiger partial charge in [-0.1, -0.05) is 0 Å². The predicted octanol–water partition coefficient (Wildman–Crippen LogP) is 1.85. The topological polar surface area (TPSA) is 44.1 Å². The first-order valence-electron chi connectivity index (χ1n) is 4.46. The smallest absolute Gasteiger partial charge is 0.342 e. The van der Waals surface area contributed by atoms with E-state index in [9.17, 15) is 4.79 Å². The van der Waals surface area contributed by atoms with Gasteiger partial charge in [0, 0.05) is 13.0 Å². The Morgan fingerprint density at radius 1 is 1.64 bits per heavy atom. The number of methoxy groups -OCH3 is 1. The monoisotopic (exact) mass is 258 g/mol. The molecule has 1 saturated carbocycles. The standard InChI is InChI=1S/C9H11BrN2O2/c1-12-8(10)6(9(13)14-2)7(11-12)5-3-4-5/h5H,3-4H2,1-2H3. The van der Waals surface area contributed by atoms with Gasteiger partial charge < -0.3 is 4.74 Å². The first-order chi connectivity index (χ1) is 6.65. The molecule has 0 radical (unpaired) electrons. The lowest BCUT2D eigenvalue weighted by atomic mass is 10.2. The van der Waals surface area contributed by atoms with E-state index in [0.29, 0.717) is 16.1 Å². The highest BCUT2D eigenvalue weighted by atomic mass is 79.9. The molecule has 1 aliphatic carbocycles. The summed E-state index contributed by atoms with van der Waals surface area (Å²) in [4.78, 5) is 11.5. The number of ether oxygens (including phenoxy) is 1. The number of aromatic nitrogens is 2. The first kappa shape index (κ1) is 9.71. The van der Waals surface area contributed by atoms with Gasteiger partial charge in [-0.25, -0.2) is 4.79 Å². The second-order valence-corrected chi connectivity index (χ2v) is 4.19. The second kappa shape index (κ2) is 3.38. The fourth-order valence-corrected chi connectivity index (χ4v) is 1.90. The van der Waals surface area contributed by atoms with Crippen LogP contribution >= 0.6 is 15.9 Å². The van der Waals surface area contributed by atoms with Crippen LogP contribution in [0.5, 0.6) is 0 Å². The van der Waals surface area contributed by atoms with Gasteiger partial charge in [0.1, 0.15) is 10.2 Å². The van der Waals surface area contributed by atoms with Crippen molar-refractivity contribution in [2.75, 3.05) is 7.11 Å².